The van der Waals surface area contributed by atoms with Gasteiger partial charge in [-0.3, -0.25) is 0 Å². The molecule has 11 aromatic rings. The van der Waals surface area contributed by atoms with Crippen LogP contribution in [0.4, 0.5) is 0 Å². The van der Waals surface area contributed by atoms with Gasteiger partial charge >= 0.3 is 0 Å². The number of aromatic nitrogens is 1. The van der Waals surface area contributed by atoms with Crippen molar-refractivity contribution in [3.8, 4) is 16.8 Å². The van der Waals surface area contributed by atoms with Crippen LogP contribution in [0.15, 0.2) is 196 Å². The number of aliphatic imine (C=N–C) groups is 2. The van der Waals surface area contributed by atoms with Gasteiger partial charge < -0.3 is 14.3 Å². The van der Waals surface area contributed by atoms with Crippen LogP contribution in [0, 0.1) is 0 Å². The minimum atomic E-state index is -0.318. The second-order valence-corrected chi connectivity index (χ2v) is 15.7. The molecule has 0 saturated carbocycles. The molecule has 3 aromatic heterocycles. The van der Waals surface area contributed by atoms with Crippen molar-refractivity contribution in [2.45, 2.75) is 6.17 Å². The van der Waals surface area contributed by atoms with Gasteiger partial charge in [-0.15, -0.1) is 11.3 Å². The van der Waals surface area contributed by atoms with Gasteiger partial charge in [-0.25, -0.2) is 9.98 Å². The second kappa shape index (κ2) is 12.6. The highest BCUT2D eigenvalue weighted by Gasteiger charge is 2.23. The largest absolute Gasteiger partial charge is 0.456 e. The number of furan rings is 1. The number of thiophene rings is 1. The van der Waals surface area contributed by atoms with Gasteiger partial charge in [-0.05, 0) is 71.3 Å². The van der Waals surface area contributed by atoms with E-state index in [2.05, 4.69) is 155 Å². The standard InChI is InChI=1S/C51H32N4OS/c1-3-12-31(13-4-1)49-52-50(32-14-5-2-6-15-32)54-51(53-49)34-23-27-44-41(28-34)39-25-22-33(29-45(39)56-44)36-18-11-21-46-48(36)40-26-24-35(30-47(40)57-46)55-42-19-9-7-16-37(42)38-17-8-10-20-43(38)55/h1-30,51H,(H,52,53,54). The van der Waals surface area contributed by atoms with Gasteiger partial charge in [0.1, 0.15) is 23.2 Å². The molecule has 5 nitrogen and oxygen atoms in total. The smallest absolute Gasteiger partial charge is 0.159 e. The molecule has 0 fully saturated rings. The molecule has 1 aliphatic rings. The SMILES string of the molecule is c1ccc(C2=NC(c3ccc4oc5cc(-c6cccc7sc8cc(-n9c%10ccccc%10c%10ccccc%109)ccc8c67)ccc5c4c3)NC(c3ccccc3)=N2)cc1. The van der Waals surface area contributed by atoms with Gasteiger partial charge in [0.2, 0.25) is 0 Å². The summed E-state index contributed by atoms with van der Waals surface area (Å²) < 4.78 is 11.5. The fourth-order valence-corrected chi connectivity index (χ4v) is 9.77. The first-order valence-corrected chi connectivity index (χ1v) is 20.0. The molecule has 57 heavy (non-hydrogen) atoms. The first-order chi connectivity index (χ1) is 28.2. The van der Waals surface area contributed by atoms with Crippen molar-refractivity contribution in [3.05, 3.63) is 199 Å². The van der Waals surface area contributed by atoms with Crippen LogP contribution in [-0.4, -0.2) is 16.2 Å². The summed E-state index contributed by atoms with van der Waals surface area (Å²) in [7, 11) is 0. The van der Waals surface area contributed by atoms with E-state index in [-0.39, 0.29) is 6.17 Å². The molecule has 0 saturated heterocycles. The quantitative estimate of drug-likeness (QED) is 0.191. The number of nitrogens with one attached hydrogen (secondary N) is 1. The van der Waals surface area contributed by atoms with Crippen LogP contribution < -0.4 is 5.32 Å². The Morgan fingerprint density at radius 1 is 0.509 bits per heavy atom. The lowest BCUT2D eigenvalue weighted by Crippen LogP contribution is -2.33. The Kier molecular flexibility index (Phi) is 7.09. The number of rotatable bonds is 5. The van der Waals surface area contributed by atoms with E-state index in [1.54, 1.807) is 0 Å². The molecule has 0 amide bonds. The van der Waals surface area contributed by atoms with Gasteiger partial charge in [0, 0.05) is 58.5 Å². The highest BCUT2D eigenvalue weighted by atomic mass is 32.1. The Hall–Kier alpha value is -7.28. The predicted octanol–water partition coefficient (Wildman–Crippen LogP) is 13.2. The Morgan fingerprint density at radius 2 is 1.23 bits per heavy atom. The third kappa shape index (κ3) is 5.15. The molecular formula is C51H32N4OS. The Bertz CT molecular complexity index is 3390. The van der Waals surface area contributed by atoms with E-state index in [1.807, 2.05) is 47.7 Å². The van der Waals surface area contributed by atoms with Gasteiger partial charge in [0.05, 0.1) is 11.0 Å². The molecule has 12 rings (SSSR count). The van der Waals surface area contributed by atoms with Crippen LogP contribution in [0.2, 0.25) is 0 Å². The number of amidine groups is 2. The summed E-state index contributed by atoms with van der Waals surface area (Å²) in [6, 6.07) is 64.4. The minimum absolute atomic E-state index is 0.318. The lowest BCUT2D eigenvalue weighted by atomic mass is 9.98. The monoisotopic (exact) mass is 748 g/mol. The molecule has 1 aliphatic heterocycles. The maximum absolute atomic E-state index is 6.57. The zero-order valence-corrected chi connectivity index (χ0v) is 31.4. The summed E-state index contributed by atoms with van der Waals surface area (Å²) in [5.74, 6) is 1.51. The van der Waals surface area contributed by atoms with Crippen LogP contribution in [0.5, 0.6) is 0 Å². The van der Waals surface area contributed by atoms with Crippen LogP contribution in [-0.2, 0) is 0 Å². The second-order valence-electron chi connectivity index (χ2n) is 14.6. The van der Waals surface area contributed by atoms with E-state index in [9.17, 15) is 0 Å². The molecule has 1 N–H and O–H groups in total. The van der Waals surface area contributed by atoms with E-state index >= 15 is 0 Å². The molecule has 0 radical (unpaired) electrons. The van der Waals surface area contributed by atoms with Crippen molar-refractivity contribution in [1.29, 1.82) is 0 Å². The molecule has 0 bridgehead atoms. The molecule has 1 unspecified atom stereocenters. The van der Waals surface area contributed by atoms with Crippen LogP contribution in [0.3, 0.4) is 0 Å². The molecule has 6 heteroatoms. The molecule has 8 aromatic carbocycles. The lowest BCUT2D eigenvalue weighted by Gasteiger charge is -2.23. The number of nitrogens with zero attached hydrogens (tertiary/aromatic N) is 3. The maximum atomic E-state index is 6.57. The maximum Gasteiger partial charge on any atom is 0.159 e. The van der Waals surface area contributed by atoms with Gasteiger partial charge in [0.15, 0.2) is 5.84 Å². The fourth-order valence-electron chi connectivity index (χ4n) is 8.61. The van der Waals surface area contributed by atoms with E-state index in [0.29, 0.717) is 5.84 Å². The zero-order chi connectivity index (χ0) is 37.5. The Balaban J connectivity index is 0.936. The zero-order valence-electron chi connectivity index (χ0n) is 30.6. The number of hydrogen-bond donors (Lipinski definition) is 1. The highest BCUT2D eigenvalue weighted by Crippen LogP contribution is 2.43. The summed E-state index contributed by atoms with van der Waals surface area (Å²) in [5.41, 5.74) is 10.7. The number of benzene rings is 8. The summed E-state index contributed by atoms with van der Waals surface area (Å²) in [5, 5.41) is 10.8. The van der Waals surface area contributed by atoms with Crippen molar-refractivity contribution in [3.63, 3.8) is 0 Å². The molecule has 0 spiro atoms. The van der Waals surface area contributed by atoms with Crippen molar-refractivity contribution in [2.75, 3.05) is 0 Å². The molecule has 4 heterocycles. The van der Waals surface area contributed by atoms with Gasteiger partial charge in [-0.2, -0.15) is 0 Å². The summed E-state index contributed by atoms with van der Waals surface area (Å²) in [6.45, 7) is 0. The minimum Gasteiger partial charge on any atom is -0.456 e. The molecule has 0 aliphatic carbocycles. The van der Waals surface area contributed by atoms with Crippen LogP contribution in [0.1, 0.15) is 22.9 Å². The van der Waals surface area contributed by atoms with E-state index < -0.39 is 0 Å². The highest BCUT2D eigenvalue weighted by molar-refractivity contribution is 7.26. The topological polar surface area (TPSA) is 54.8 Å². The van der Waals surface area contributed by atoms with Crippen LogP contribution >= 0.6 is 11.3 Å². The van der Waals surface area contributed by atoms with Crippen molar-refractivity contribution < 1.29 is 4.42 Å². The summed E-state index contributed by atoms with van der Waals surface area (Å²) >= 11 is 1.85. The Labute approximate surface area is 331 Å². The lowest BCUT2D eigenvalue weighted by molar-refractivity contribution is 0.663. The predicted molar refractivity (Wildman–Crippen MR) is 238 cm³/mol. The van der Waals surface area contributed by atoms with E-state index in [1.165, 1.54) is 53.2 Å². The first-order valence-electron chi connectivity index (χ1n) is 19.2. The van der Waals surface area contributed by atoms with Crippen molar-refractivity contribution >= 4 is 86.9 Å². The van der Waals surface area contributed by atoms with Gasteiger partial charge in [0.25, 0.3) is 0 Å². The normalized spacial score (nSPS) is 14.5. The van der Waals surface area contributed by atoms with Crippen molar-refractivity contribution in [1.82, 2.24) is 9.88 Å². The third-order valence-corrected chi connectivity index (χ3v) is 12.4. The average Bonchev–Trinajstić information content (AvgIpc) is 3.95. The molecular weight excluding hydrogens is 717 g/mol. The van der Waals surface area contributed by atoms with E-state index in [0.717, 1.165) is 50.0 Å². The first kappa shape index (κ1) is 32.0. The third-order valence-electron chi connectivity index (χ3n) is 11.3. The fraction of sp³-hybridized carbons (Fsp3) is 0.0196. The van der Waals surface area contributed by atoms with Crippen molar-refractivity contribution in [2.24, 2.45) is 9.98 Å². The van der Waals surface area contributed by atoms with Gasteiger partial charge in [-0.1, -0.05) is 127 Å². The van der Waals surface area contributed by atoms with Crippen LogP contribution in [0.25, 0.3) is 80.7 Å². The number of para-hydroxylation sites is 2. The van der Waals surface area contributed by atoms with E-state index in [4.69, 9.17) is 14.4 Å². The molecule has 268 valence electrons. The molecule has 1 atom stereocenters. The summed E-state index contributed by atoms with van der Waals surface area (Å²) in [6.07, 6.45) is -0.318. The number of fused-ring (bicyclic) bond motifs is 9. The Morgan fingerprint density at radius 3 is 2.02 bits per heavy atom. The average molecular weight is 749 g/mol. The summed E-state index contributed by atoms with van der Waals surface area (Å²) in [4.78, 5) is 10.1. The number of hydrogen-bond acceptors (Lipinski definition) is 5.